The molecule has 1 aliphatic carbocycles. The van der Waals surface area contributed by atoms with Gasteiger partial charge in [-0.25, -0.2) is 4.39 Å². The zero-order valence-corrected chi connectivity index (χ0v) is 19.0. The predicted octanol–water partition coefficient (Wildman–Crippen LogP) is 7.27. The molecular formula is C27H35FO3. The van der Waals surface area contributed by atoms with E-state index < -0.39 is 5.97 Å². The molecule has 2 aromatic rings. The second-order valence-corrected chi connectivity index (χ2v) is 9.89. The zero-order chi connectivity index (χ0) is 22.4. The summed E-state index contributed by atoms with van der Waals surface area (Å²) in [6.07, 6.45) is 6.83. The SMILES string of the molecule is CC(C)(C)C1CCC(Oc2ccc(-c3ccc(F)c(CCCCC(=O)O)c3)cc2)CC1. The molecule has 1 aliphatic rings. The molecular weight excluding hydrogens is 391 g/mol. The fourth-order valence-electron chi connectivity index (χ4n) is 4.50. The molecule has 0 amide bonds. The molecule has 1 saturated carbocycles. The Bertz CT molecular complexity index is 859. The summed E-state index contributed by atoms with van der Waals surface area (Å²) in [5.74, 6) is 0.620. The minimum Gasteiger partial charge on any atom is -0.490 e. The Balaban J connectivity index is 1.57. The molecule has 0 unspecified atom stereocenters. The van der Waals surface area contributed by atoms with Crippen LogP contribution in [0.25, 0.3) is 11.1 Å². The first kappa shape index (κ1) is 23.3. The normalized spacial score (nSPS) is 19.2. The number of ether oxygens (including phenoxy) is 1. The summed E-state index contributed by atoms with van der Waals surface area (Å²) in [7, 11) is 0. The van der Waals surface area contributed by atoms with Gasteiger partial charge in [0.1, 0.15) is 11.6 Å². The summed E-state index contributed by atoms with van der Waals surface area (Å²) in [4.78, 5) is 10.6. The molecule has 1 fully saturated rings. The van der Waals surface area contributed by atoms with Gasteiger partial charge in [0.2, 0.25) is 0 Å². The molecule has 4 heteroatoms. The number of aryl methyl sites for hydroxylation is 1. The molecule has 3 nitrogen and oxygen atoms in total. The number of halogens is 1. The maximum Gasteiger partial charge on any atom is 0.303 e. The van der Waals surface area contributed by atoms with E-state index in [9.17, 15) is 9.18 Å². The number of hydrogen-bond donors (Lipinski definition) is 1. The Morgan fingerprint density at radius 2 is 1.65 bits per heavy atom. The summed E-state index contributed by atoms with van der Waals surface area (Å²) >= 11 is 0. The van der Waals surface area contributed by atoms with Crippen LogP contribution in [-0.4, -0.2) is 17.2 Å². The fraction of sp³-hybridized carbons (Fsp3) is 0.519. The van der Waals surface area contributed by atoms with E-state index in [1.807, 2.05) is 30.3 Å². The lowest BCUT2D eigenvalue weighted by Crippen LogP contribution is -2.30. The van der Waals surface area contributed by atoms with Gasteiger partial charge in [0.05, 0.1) is 6.10 Å². The fourth-order valence-corrected chi connectivity index (χ4v) is 4.50. The number of rotatable bonds is 8. The van der Waals surface area contributed by atoms with Crippen molar-refractivity contribution >= 4 is 5.97 Å². The number of unbranched alkanes of at least 4 members (excludes halogenated alkanes) is 1. The average Bonchev–Trinajstić information content (AvgIpc) is 2.72. The number of hydrogen-bond acceptors (Lipinski definition) is 2. The third kappa shape index (κ3) is 6.81. The Morgan fingerprint density at radius 3 is 2.26 bits per heavy atom. The molecule has 0 radical (unpaired) electrons. The minimum atomic E-state index is -0.807. The summed E-state index contributed by atoms with van der Waals surface area (Å²) in [6.45, 7) is 6.98. The van der Waals surface area contributed by atoms with E-state index in [2.05, 4.69) is 20.8 Å². The van der Waals surface area contributed by atoms with Crippen LogP contribution >= 0.6 is 0 Å². The van der Waals surface area contributed by atoms with E-state index in [0.29, 0.717) is 30.2 Å². The van der Waals surface area contributed by atoms with Crippen molar-refractivity contribution in [1.82, 2.24) is 0 Å². The van der Waals surface area contributed by atoms with Gasteiger partial charge in [-0.3, -0.25) is 4.79 Å². The van der Waals surface area contributed by atoms with E-state index in [-0.39, 0.29) is 18.3 Å². The smallest absolute Gasteiger partial charge is 0.303 e. The van der Waals surface area contributed by atoms with Crippen molar-refractivity contribution in [2.24, 2.45) is 11.3 Å². The lowest BCUT2D eigenvalue weighted by molar-refractivity contribution is -0.137. The van der Waals surface area contributed by atoms with Crippen LogP contribution in [0.2, 0.25) is 0 Å². The van der Waals surface area contributed by atoms with Crippen molar-refractivity contribution < 1.29 is 19.0 Å². The molecule has 0 aliphatic heterocycles. The number of benzene rings is 2. The van der Waals surface area contributed by atoms with Gasteiger partial charge in [-0.05, 0) is 97.2 Å². The van der Waals surface area contributed by atoms with Crippen LogP contribution in [-0.2, 0) is 11.2 Å². The topological polar surface area (TPSA) is 46.5 Å². The second-order valence-electron chi connectivity index (χ2n) is 9.89. The van der Waals surface area contributed by atoms with Crippen LogP contribution in [0.1, 0.15) is 71.3 Å². The number of carboxylic acid groups (broad SMARTS) is 1. The lowest BCUT2D eigenvalue weighted by Gasteiger charge is -2.36. The van der Waals surface area contributed by atoms with Gasteiger partial charge in [0, 0.05) is 6.42 Å². The van der Waals surface area contributed by atoms with Crippen molar-refractivity contribution in [3.8, 4) is 16.9 Å². The molecule has 0 bridgehead atoms. The van der Waals surface area contributed by atoms with Crippen molar-refractivity contribution in [3.63, 3.8) is 0 Å². The van der Waals surface area contributed by atoms with Gasteiger partial charge in [0.25, 0.3) is 0 Å². The van der Waals surface area contributed by atoms with E-state index in [4.69, 9.17) is 9.84 Å². The molecule has 0 saturated heterocycles. The standard InChI is InChI=1S/C27H35FO3/c1-27(2,3)22-11-15-24(16-12-22)31-23-13-8-19(9-14-23)20-10-17-25(28)21(18-20)6-4-5-7-26(29)30/h8-10,13-14,17-18,22,24H,4-7,11-12,15-16H2,1-3H3,(H,29,30). The summed E-state index contributed by atoms with van der Waals surface area (Å²) in [6, 6.07) is 13.2. The third-order valence-electron chi connectivity index (χ3n) is 6.52. The van der Waals surface area contributed by atoms with Crippen molar-refractivity contribution in [2.45, 2.75) is 78.2 Å². The quantitative estimate of drug-likeness (QED) is 0.451. The summed E-state index contributed by atoms with van der Waals surface area (Å²) in [5.41, 5.74) is 3.00. The highest BCUT2D eigenvalue weighted by Gasteiger charge is 2.30. The first-order valence-electron chi connectivity index (χ1n) is 11.5. The van der Waals surface area contributed by atoms with Crippen LogP contribution in [0.15, 0.2) is 42.5 Å². The predicted molar refractivity (Wildman–Crippen MR) is 123 cm³/mol. The maximum absolute atomic E-state index is 14.2. The highest BCUT2D eigenvalue weighted by molar-refractivity contribution is 5.66. The minimum absolute atomic E-state index is 0.126. The third-order valence-corrected chi connectivity index (χ3v) is 6.52. The van der Waals surface area contributed by atoms with Crippen LogP contribution < -0.4 is 4.74 Å². The van der Waals surface area contributed by atoms with Gasteiger partial charge in [0.15, 0.2) is 0 Å². The van der Waals surface area contributed by atoms with Gasteiger partial charge < -0.3 is 9.84 Å². The van der Waals surface area contributed by atoms with Crippen molar-refractivity contribution in [1.29, 1.82) is 0 Å². The number of carbonyl (C=O) groups is 1. The highest BCUT2D eigenvalue weighted by Crippen LogP contribution is 2.39. The second kappa shape index (κ2) is 10.3. The monoisotopic (exact) mass is 426 g/mol. The van der Waals surface area contributed by atoms with Gasteiger partial charge in [-0.15, -0.1) is 0 Å². The molecule has 0 heterocycles. The van der Waals surface area contributed by atoms with E-state index in [1.54, 1.807) is 6.07 Å². The van der Waals surface area contributed by atoms with Gasteiger partial charge in [-0.1, -0.05) is 39.0 Å². The number of carboxylic acids is 1. The molecule has 0 spiro atoms. The lowest BCUT2D eigenvalue weighted by atomic mass is 9.72. The highest BCUT2D eigenvalue weighted by atomic mass is 19.1. The Morgan fingerprint density at radius 1 is 1.00 bits per heavy atom. The van der Waals surface area contributed by atoms with Crippen LogP contribution in [0.3, 0.4) is 0 Å². The Kier molecular flexibility index (Phi) is 7.74. The largest absolute Gasteiger partial charge is 0.490 e. The van der Waals surface area contributed by atoms with Crippen LogP contribution in [0, 0.1) is 17.2 Å². The first-order valence-corrected chi connectivity index (χ1v) is 11.5. The summed E-state index contributed by atoms with van der Waals surface area (Å²) < 4.78 is 20.4. The van der Waals surface area contributed by atoms with E-state index in [1.165, 1.54) is 18.9 Å². The van der Waals surface area contributed by atoms with Crippen LogP contribution in [0.4, 0.5) is 4.39 Å². The molecule has 2 aromatic carbocycles. The number of aliphatic carboxylic acids is 1. The maximum atomic E-state index is 14.2. The molecule has 3 rings (SSSR count). The van der Waals surface area contributed by atoms with E-state index >= 15 is 0 Å². The molecule has 168 valence electrons. The molecule has 31 heavy (non-hydrogen) atoms. The van der Waals surface area contributed by atoms with Gasteiger partial charge >= 0.3 is 5.97 Å². The average molecular weight is 427 g/mol. The molecule has 0 aromatic heterocycles. The van der Waals surface area contributed by atoms with Crippen molar-refractivity contribution in [3.05, 3.63) is 53.8 Å². The molecule has 1 N–H and O–H groups in total. The zero-order valence-electron chi connectivity index (χ0n) is 19.0. The van der Waals surface area contributed by atoms with Gasteiger partial charge in [-0.2, -0.15) is 0 Å². The Labute approximate surface area is 185 Å². The molecule has 0 atom stereocenters. The first-order chi connectivity index (χ1) is 14.7. The van der Waals surface area contributed by atoms with E-state index in [0.717, 1.165) is 35.6 Å². The van der Waals surface area contributed by atoms with Crippen LogP contribution in [0.5, 0.6) is 5.75 Å². The summed E-state index contributed by atoms with van der Waals surface area (Å²) in [5, 5.41) is 8.74. The Hall–Kier alpha value is -2.36. The van der Waals surface area contributed by atoms with Crippen molar-refractivity contribution in [2.75, 3.05) is 0 Å².